The Hall–Kier alpha value is -6.06. The highest BCUT2D eigenvalue weighted by Crippen LogP contribution is 2.41. The summed E-state index contributed by atoms with van der Waals surface area (Å²) in [6.45, 7) is 7.50. The molecule has 10 rings (SSSR count). The zero-order chi connectivity index (χ0) is 50.6. The fraction of sp³-hybridized carbons (Fsp3) is 0.433. The number of nitrogens with zero attached hydrogens (tertiary/aromatic N) is 6. The number of hydrogen-bond acceptors (Lipinski definition) is 10. The van der Waals surface area contributed by atoms with Crippen LogP contribution in [-0.4, -0.2) is 106 Å². The van der Waals surface area contributed by atoms with E-state index in [2.05, 4.69) is 69.0 Å². The lowest BCUT2D eigenvalue weighted by Gasteiger charge is -2.29. The number of rotatable bonds is 19. The van der Waals surface area contributed by atoms with Gasteiger partial charge in [0.25, 0.3) is 0 Å². The second-order valence-corrected chi connectivity index (χ2v) is 22.6. The van der Waals surface area contributed by atoms with Gasteiger partial charge in [-0.25, -0.2) is 9.97 Å². The zero-order valence-corrected chi connectivity index (χ0v) is 44.2. The lowest BCUT2D eigenvalue weighted by atomic mass is 10.0. The summed E-state index contributed by atoms with van der Waals surface area (Å²) in [6.07, 6.45) is 17.1. The second kappa shape index (κ2) is 25.0. The minimum absolute atomic E-state index is 0.0810. The third-order valence-corrected chi connectivity index (χ3v) is 17.7. The number of benzene rings is 4. The minimum atomic E-state index is -0.746. The predicted octanol–water partition coefficient (Wildman–Crippen LogP) is 11.2. The van der Waals surface area contributed by atoms with Gasteiger partial charge in [0.15, 0.2) is 0 Å². The summed E-state index contributed by atoms with van der Waals surface area (Å²) in [4.78, 5) is 76.2. The van der Waals surface area contributed by atoms with Gasteiger partial charge in [-0.1, -0.05) is 122 Å². The second-order valence-electron chi connectivity index (χ2n) is 20.5. The van der Waals surface area contributed by atoms with E-state index in [9.17, 15) is 19.2 Å². The number of amides is 4. The van der Waals surface area contributed by atoms with Crippen LogP contribution in [0.2, 0.25) is 0 Å². The Morgan fingerprint density at radius 2 is 0.851 bits per heavy atom. The van der Waals surface area contributed by atoms with Crippen molar-refractivity contribution in [2.45, 2.75) is 114 Å². The van der Waals surface area contributed by atoms with Gasteiger partial charge >= 0.3 is 0 Å². The van der Waals surface area contributed by atoms with E-state index in [1.807, 2.05) is 82.9 Å². The smallest absolute Gasteiger partial charge is 0.250 e. The number of aromatic nitrogens is 2. The first-order valence-electron chi connectivity index (χ1n) is 27.2. The van der Waals surface area contributed by atoms with E-state index in [-0.39, 0.29) is 35.7 Å². The molecule has 386 valence electrons. The van der Waals surface area contributed by atoms with E-state index >= 15 is 0 Å². The maximum absolute atomic E-state index is 14.4. The molecule has 0 radical (unpaired) electrons. The van der Waals surface area contributed by atoms with Crippen LogP contribution < -0.4 is 10.6 Å². The van der Waals surface area contributed by atoms with E-state index in [0.717, 1.165) is 131 Å². The summed E-state index contributed by atoms with van der Waals surface area (Å²) in [5.41, 5.74) is 5.94. The Bertz CT molecular complexity index is 2600. The Morgan fingerprint density at radius 1 is 0.473 bits per heavy atom. The number of thiazole rings is 2. The van der Waals surface area contributed by atoms with Gasteiger partial charge in [0.05, 0.1) is 21.8 Å². The largest absolute Gasteiger partial charge is 0.341 e. The quantitative estimate of drug-likeness (QED) is 0.0820. The predicted molar refractivity (Wildman–Crippen MR) is 295 cm³/mol. The summed E-state index contributed by atoms with van der Waals surface area (Å²) >= 11 is 3.26. The molecular formula is C60H70N8O4S2. The molecule has 12 nitrogen and oxygen atoms in total. The maximum atomic E-state index is 14.4. The molecule has 0 spiro atoms. The molecule has 14 heteroatoms. The number of carbonyl (C=O) groups is 4. The normalized spacial score (nSPS) is 19.3. The third-order valence-electron chi connectivity index (χ3n) is 15.4. The topological polar surface area (TPSA) is 131 Å². The molecule has 74 heavy (non-hydrogen) atoms. The van der Waals surface area contributed by atoms with Crippen LogP contribution in [0, 0.1) is 0 Å². The molecule has 4 aromatic carbocycles. The van der Waals surface area contributed by atoms with Gasteiger partial charge in [0.2, 0.25) is 23.6 Å². The molecule has 2 aromatic heterocycles. The van der Waals surface area contributed by atoms with Crippen LogP contribution in [0.4, 0.5) is 0 Å². The molecule has 4 aliphatic heterocycles. The van der Waals surface area contributed by atoms with Gasteiger partial charge in [-0.05, 0) is 137 Å². The molecule has 4 aliphatic rings. The number of piperidine rings is 2. The summed E-state index contributed by atoms with van der Waals surface area (Å²) in [5.74, 6) is -0.333. The van der Waals surface area contributed by atoms with E-state index in [1.165, 1.54) is 38.5 Å². The lowest BCUT2D eigenvalue weighted by Crippen LogP contribution is -2.42. The van der Waals surface area contributed by atoms with Crippen molar-refractivity contribution in [1.29, 1.82) is 0 Å². The Morgan fingerprint density at radius 3 is 1.24 bits per heavy atom. The fourth-order valence-corrected chi connectivity index (χ4v) is 13.5. The van der Waals surface area contributed by atoms with Crippen molar-refractivity contribution >= 4 is 46.3 Å². The standard InChI is InChI=1S/C60H70N8O4S2/c69-53(23-15-37-65-33-9-3-10-34-65)63-55(47-17-5-1-6-18-47)59(71)67-39-13-21-49(67)57-61-41-51(73-57)45-29-25-43(26-30-45)44-27-31-46(32-28-44)52-42-62-58(74-52)50-22-14-40-68(50)60(72)56(48-19-7-2-8-20-48)64-54(70)24-16-38-66-35-11-4-12-36-66/h1-2,5-8,17-20,25-32,41-42,49-50,55-56H,3-4,9-16,21-24,33-40H2,(H,63,69)(H,64,70)/t49-,50-,55+,56+/m0/s1. The summed E-state index contributed by atoms with van der Waals surface area (Å²) in [7, 11) is 0. The Balaban J connectivity index is 0.755. The van der Waals surface area contributed by atoms with E-state index < -0.39 is 12.1 Å². The number of carbonyl (C=O) groups excluding carboxylic acids is 4. The SMILES string of the molecule is O=C(CCCN1CCCCC1)N[C@@H](C(=O)N1CCC[C@H]1c1ncc(-c2ccc(-c3ccc(-c4cnc([C@@H]5CCCN5C(=O)[C@H](NC(=O)CCCN5CCCCC5)c5ccccc5)s4)cc3)cc2)s1)c1ccccc1. The molecule has 4 amide bonds. The highest BCUT2D eigenvalue weighted by molar-refractivity contribution is 7.15. The molecule has 4 fully saturated rings. The van der Waals surface area contributed by atoms with Gasteiger partial charge in [-0.15, -0.1) is 22.7 Å². The van der Waals surface area contributed by atoms with Gasteiger partial charge in [-0.3, -0.25) is 19.2 Å². The molecule has 0 bridgehead atoms. The minimum Gasteiger partial charge on any atom is -0.341 e. The van der Waals surface area contributed by atoms with Crippen LogP contribution in [0.5, 0.6) is 0 Å². The molecule has 0 aliphatic carbocycles. The van der Waals surface area contributed by atoms with Crippen LogP contribution >= 0.6 is 22.7 Å². The number of hydrogen-bond donors (Lipinski definition) is 2. The van der Waals surface area contributed by atoms with Gasteiger partial charge in [0, 0.05) is 38.3 Å². The summed E-state index contributed by atoms with van der Waals surface area (Å²) in [5, 5.41) is 8.09. The highest BCUT2D eigenvalue weighted by atomic mass is 32.1. The van der Waals surface area contributed by atoms with Crippen LogP contribution in [-0.2, 0) is 19.2 Å². The van der Waals surface area contributed by atoms with Crippen molar-refractivity contribution in [3.63, 3.8) is 0 Å². The Kier molecular flexibility index (Phi) is 17.4. The third kappa shape index (κ3) is 12.7. The molecule has 6 heterocycles. The summed E-state index contributed by atoms with van der Waals surface area (Å²) < 4.78 is 0. The number of likely N-dealkylation sites (tertiary alicyclic amines) is 4. The van der Waals surface area contributed by atoms with E-state index in [4.69, 9.17) is 9.97 Å². The maximum Gasteiger partial charge on any atom is 0.250 e. The van der Waals surface area contributed by atoms with Crippen LogP contribution in [0.3, 0.4) is 0 Å². The van der Waals surface area contributed by atoms with Gasteiger partial charge in [0.1, 0.15) is 22.1 Å². The van der Waals surface area contributed by atoms with Crippen LogP contribution in [0.1, 0.15) is 135 Å². The molecular weight excluding hydrogens is 961 g/mol. The van der Waals surface area contributed by atoms with Crippen LogP contribution in [0.25, 0.3) is 32.0 Å². The van der Waals surface area contributed by atoms with Crippen molar-refractivity contribution < 1.29 is 19.2 Å². The first kappa shape index (κ1) is 51.4. The van der Waals surface area contributed by atoms with Crippen molar-refractivity contribution in [3.8, 4) is 32.0 Å². The molecule has 0 saturated carbocycles. The van der Waals surface area contributed by atoms with Gasteiger partial charge in [-0.2, -0.15) is 0 Å². The average molecular weight is 1030 g/mol. The summed E-state index contributed by atoms with van der Waals surface area (Å²) in [6, 6.07) is 34.6. The van der Waals surface area contributed by atoms with Crippen molar-refractivity contribution in [2.75, 3.05) is 52.4 Å². The van der Waals surface area contributed by atoms with Crippen molar-refractivity contribution in [3.05, 3.63) is 143 Å². The van der Waals surface area contributed by atoms with Crippen molar-refractivity contribution in [1.82, 2.24) is 40.2 Å². The number of nitrogens with one attached hydrogen (secondary N) is 2. The molecule has 4 saturated heterocycles. The molecule has 6 aromatic rings. The van der Waals surface area contributed by atoms with E-state index in [1.54, 1.807) is 22.7 Å². The van der Waals surface area contributed by atoms with Crippen LogP contribution in [0.15, 0.2) is 122 Å². The van der Waals surface area contributed by atoms with Gasteiger partial charge < -0.3 is 30.2 Å². The monoisotopic (exact) mass is 1030 g/mol. The first-order valence-corrected chi connectivity index (χ1v) is 28.8. The molecule has 2 N–H and O–H groups in total. The van der Waals surface area contributed by atoms with Crippen molar-refractivity contribution in [2.24, 2.45) is 0 Å². The average Bonchev–Trinajstić information content (AvgIpc) is 4.31. The van der Waals surface area contributed by atoms with E-state index in [0.29, 0.717) is 25.9 Å². The molecule has 0 unspecified atom stereocenters. The zero-order valence-electron chi connectivity index (χ0n) is 42.5. The highest BCUT2D eigenvalue weighted by Gasteiger charge is 2.38. The fourth-order valence-electron chi connectivity index (χ4n) is 11.3. The first-order chi connectivity index (χ1) is 36.3. The molecule has 4 atom stereocenters. The lowest BCUT2D eigenvalue weighted by molar-refractivity contribution is -0.137. The Labute approximate surface area is 444 Å².